The van der Waals surface area contributed by atoms with Crippen LogP contribution in [0.5, 0.6) is 0 Å². The predicted octanol–water partition coefficient (Wildman–Crippen LogP) is -1.84. The third-order valence-corrected chi connectivity index (χ3v) is 0.612. The maximum Gasteiger partial charge on any atom is 0.164 e. The molecule has 0 aliphatic carbocycles. The number of nitrogens with two attached hydrogens (primary N) is 1. The molecule has 26 valence electrons. The Morgan fingerprint density at radius 2 is 2.25 bits per heavy atom. The molecule has 0 unspecified atom stereocenters. The maximum atomic E-state index is 5.06. The quantitative estimate of drug-likeness (QED) is 0.360. The van der Waals surface area contributed by atoms with E-state index in [2.05, 4.69) is 4.98 Å². The SMILES string of the molecule is CN[SiH2]N. The van der Waals surface area contributed by atoms with E-state index in [9.17, 15) is 0 Å². The normalized spacial score (nSPS) is 10.5. The van der Waals surface area contributed by atoms with Gasteiger partial charge in [0.2, 0.25) is 0 Å². The van der Waals surface area contributed by atoms with Crippen molar-refractivity contribution < 1.29 is 0 Å². The molecule has 3 heteroatoms. The fraction of sp³-hybridized carbons (Fsp3) is 1.00. The van der Waals surface area contributed by atoms with E-state index in [0.29, 0.717) is 0 Å². The molecule has 4 heavy (non-hydrogen) atoms. The molecule has 0 aliphatic heterocycles. The number of rotatable bonds is 1. The topological polar surface area (TPSA) is 38.0 Å². The second kappa shape index (κ2) is 3.14. The number of hydrogen-bond donors (Lipinski definition) is 2. The summed E-state index contributed by atoms with van der Waals surface area (Å²) in [6, 6.07) is 0. The van der Waals surface area contributed by atoms with Crippen molar-refractivity contribution in [1.29, 1.82) is 0 Å². The lowest BCUT2D eigenvalue weighted by Crippen LogP contribution is -2.21. The second-order valence-corrected chi connectivity index (χ2v) is 1.67. The summed E-state index contributed by atoms with van der Waals surface area (Å²) in [6.07, 6.45) is 0. The third kappa shape index (κ3) is 2.14. The highest BCUT2D eigenvalue weighted by molar-refractivity contribution is 6.27. The van der Waals surface area contributed by atoms with Gasteiger partial charge < -0.3 is 10.4 Å². The van der Waals surface area contributed by atoms with Gasteiger partial charge in [0.25, 0.3) is 0 Å². The molecule has 0 aliphatic rings. The Hall–Kier alpha value is 0.137. The minimum absolute atomic E-state index is 0.326. The molecule has 0 aromatic carbocycles. The summed E-state index contributed by atoms with van der Waals surface area (Å²) in [7, 11) is 1.54. The molecular weight excluding hydrogens is 68.1 g/mol. The van der Waals surface area contributed by atoms with Gasteiger partial charge in [-0.05, 0) is 7.05 Å². The molecule has 0 atom stereocenters. The zero-order valence-electron chi connectivity index (χ0n) is 2.78. The summed E-state index contributed by atoms with van der Waals surface area (Å²) in [6.45, 7) is 0. The highest BCUT2D eigenvalue weighted by Crippen LogP contribution is 1.08. The molecular formula is CH8N2Si. The van der Waals surface area contributed by atoms with Crippen molar-refractivity contribution in [3.63, 3.8) is 0 Å². The van der Waals surface area contributed by atoms with Crippen LogP contribution in [0.25, 0.3) is 0 Å². The van der Waals surface area contributed by atoms with E-state index in [1.807, 2.05) is 7.05 Å². The van der Waals surface area contributed by atoms with Gasteiger partial charge in [0, 0.05) is 0 Å². The minimum Gasteiger partial charge on any atom is -0.344 e. The first kappa shape index (κ1) is 4.14. The molecule has 0 radical (unpaired) electrons. The Labute approximate surface area is 28.4 Å². The van der Waals surface area contributed by atoms with Gasteiger partial charge in [-0.25, -0.2) is 0 Å². The van der Waals surface area contributed by atoms with E-state index >= 15 is 0 Å². The average Bonchev–Trinajstić information content (AvgIpc) is 1.37. The van der Waals surface area contributed by atoms with Crippen LogP contribution in [-0.2, 0) is 0 Å². The van der Waals surface area contributed by atoms with Gasteiger partial charge in [-0.15, -0.1) is 0 Å². The molecule has 3 N–H and O–H groups in total. The van der Waals surface area contributed by atoms with Gasteiger partial charge in [-0.2, -0.15) is 0 Å². The Morgan fingerprint density at radius 1 is 2.00 bits per heavy atom. The van der Waals surface area contributed by atoms with Crippen molar-refractivity contribution in [2.45, 2.75) is 0 Å². The van der Waals surface area contributed by atoms with Crippen LogP contribution in [0.4, 0.5) is 0 Å². The van der Waals surface area contributed by atoms with Crippen molar-refractivity contribution in [3.05, 3.63) is 0 Å². The minimum atomic E-state index is -0.326. The Kier molecular flexibility index (Phi) is 3.24. The van der Waals surface area contributed by atoms with E-state index in [1.165, 1.54) is 0 Å². The van der Waals surface area contributed by atoms with Gasteiger partial charge in [0.05, 0.1) is 0 Å². The van der Waals surface area contributed by atoms with E-state index in [0.717, 1.165) is 0 Å². The summed E-state index contributed by atoms with van der Waals surface area (Å²) < 4.78 is 0. The first-order valence-electron chi connectivity index (χ1n) is 1.26. The van der Waals surface area contributed by atoms with Crippen LogP contribution in [0.1, 0.15) is 0 Å². The monoisotopic (exact) mass is 76.0 g/mol. The van der Waals surface area contributed by atoms with Crippen LogP contribution >= 0.6 is 0 Å². The lowest BCUT2D eigenvalue weighted by Gasteiger charge is -1.75. The molecule has 0 aromatic heterocycles. The standard InChI is InChI=1S/CH8N2Si/c1-3-4-2/h3H,2,4H2,1H3. The van der Waals surface area contributed by atoms with E-state index in [-0.39, 0.29) is 9.84 Å². The Balaban J connectivity index is 1.97. The molecule has 0 fully saturated rings. The third-order valence-electron chi connectivity index (χ3n) is 0.204. The van der Waals surface area contributed by atoms with E-state index < -0.39 is 0 Å². The average molecular weight is 76.2 g/mol. The number of nitrogens with one attached hydrogen (secondary N) is 1. The Bertz CT molecular complexity index is 8.00. The summed E-state index contributed by atoms with van der Waals surface area (Å²) in [5.41, 5.74) is 0. The fourth-order valence-corrected chi connectivity index (χ4v) is 0. The van der Waals surface area contributed by atoms with Crippen LogP contribution in [0.15, 0.2) is 0 Å². The Morgan fingerprint density at radius 3 is 2.25 bits per heavy atom. The molecule has 0 amide bonds. The van der Waals surface area contributed by atoms with Crippen molar-refractivity contribution in [2.24, 2.45) is 5.40 Å². The van der Waals surface area contributed by atoms with Crippen LogP contribution in [0.2, 0.25) is 0 Å². The summed E-state index contributed by atoms with van der Waals surface area (Å²) in [4.78, 5) is 2.85. The fourth-order valence-electron chi connectivity index (χ4n) is 0. The maximum absolute atomic E-state index is 5.06. The lowest BCUT2D eigenvalue weighted by atomic mass is 11.6. The first-order valence-corrected chi connectivity index (χ1v) is 2.79. The van der Waals surface area contributed by atoms with Gasteiger partial charge in [0.15, 0.2) is 9.84 Å². The van der Waals surface area contributed by atoms with Crippen LogP contribution in [-0.4, -0.2) is 16.9 Å². The van der Waals surface area contributed by atoms with Gasteiger partial charge in [-0.3, -0.25) is 0 Å². The molecule has 0 spiro atoms. The highest BCUT2D eigenvalue weighted by atomic mass is 28.2. The first-order chi connectivity index (χ1) is 1.91. The highest BCUT2D eigenvalue weighted by Gasteiger charge is 1.53. The summed E-state index contributed by atoms with van der Waals surface area (Å²) in [5.74, 6) is 0. The van der Waals surface area contributed by atoms with Gasteiger partial charge >= 0.3 is 0 Å². The largest absolute Gasteiger partial charge is 0.344 e. The van der Waals surface area contributed by atoms with Crippen LogP contribution in [0.3, 0.4) is 0 Å². The van der Waals surface area contributed by atoms with E-state index in [4.69, 9.17) is 5.40 Å². The molecule has 0 bridgehead atoms. The van der Waals surface area contributed by atoms with Crippen LogP contribution in [0, 0.1) is 0 Å². The lowest BCUT2D eigenvalue weighted by molar-refractivity contribution is 1.23. The van der Waals surface area contributed by atoms with Gasteiger partial charge in [-0.1, -0.05) is 0 Å². The van der Waals surface area contributed by atoms with Crippen LogP contribution < -0.4 is 10.4 Å². The smallest absolute Gasteiger partial charge is 0.164 e. The van der Waals surface area contributed by atoms with Crippen molar-refractivity contribution >= 4 is 9.84 Å². The molecule has 0 aromatic rings. The van der Waals surface area contributed by atoms with Gasteiger partial charge in [0.1, 0.15) is 0 Å². The second-order valence-electron chi connectivity index (χ2n) is 0.558. The van der Waals surface area contributed by atoms with Crippen molar-refractivity contribution in [3.8, 4) is 0 Å². The zero-order valence-corrected chi connectivity index (χ0v) is 4.20. The zero-order chi connectivity index (χ0) is 3.41. The number of hydrogen-bond acceptors (Lipinski definition) is 2. The molecule has 0 heterocycles. The molecule has 2 nitrogen and oxygen atoms in total. The summed E-state index contributed by atoms with van der Waals surface area (Å²) >= 11 is 0. The summed E-state index contributed by atoms with van der Waals surface area (Å²) in [5, 5.41) is 5.06. The van der Waals surface area contributed by atoms with Crippen molar-refractivity contribution in [2.75, 3.05) is 7.05 Å². The van der Waals surface area contributed by atoms with Crippen molar-refractivity contribution in [1.82, 2.24) is 4.98 Å². The molecule has 0 saturated carbocycles. The molecule has 0 saturated heterocycles. The predicted molar refractivity (Wildman–Crippen MR) is 21.8 cm³/mol. The molecule has 0 rings (SSSR count). The van der Waals surface area contributed by atoms with E-state index in [1.54, 1.807) is 0 Å².